The van der Waals surface area contributed by atoms with E-state index in [-0.39, 0.29) is 0 Å². The van der Waals surface area contributed by atoms with Crippen LogP contribution in [-0.2, 0) is 6.54 Å². The number of halogens is 1. The molecule has 0 atom stereocenters. The quantitative estimate of drug-likeness (QED) is 0.564. The highest BCUT2D eigenvalue weighted by molar-refractivity contribution is 6.32. The molecule has 0 bridgehead atoms. The van der Waals surface area contributed by atoms with E-state index in [2.05, 4.69) is 15.6 Å². The predicted octanol–water partition coefficient (Wildman–Crippen LogP) is 3.71. The number of benzene rings is 2. The van der Waals surface area contributed by atoms with E-state index in [4.69, 9.17) is 30.5 Å². The van der Waals surface area contributed by atoms with Crippen molar-refractivity contribution in [2.45, 2.75) is 13.5 Å². The van der Waals surface area contributed by atoms with Crippen LogP contribution in [0.25, 0.3) is 0 Å². The van der Waals surface area contributed by atoms with Gasteiger partial charge in [-0.1, -0.05) is 11.6 Å². The van der Waals surface area contributed by atoms with Crippen molar-refractivity contribution in [3.05, 3.63) is 40.9 Å². The van der Waals surface area contributed by atoms with Crippen LogP contribution in [0.5, 0.6) is 23.0 Å². The number of nitrogens with zero attached hydrogens (tertiary/aromatic N) is 1. The summed E-state index contributed by atoms with van der Waals surface area (Å²) in [7, 11) is 3.32. The molecule has 0 saturated heterocycles. The van der Waals surface area contributed by atoms with Gasteiger partial charge in [-0.05, 0) is 36.8 Å². The van der Waals surface area contributed by atoms with Gasteiger partial charge in [0.25, 0.3) is 0 Å². The van der Waals surface area contributed by atoms with E-state index in [9.17, 15) is 0 Å². The number of rotatable bonds is 6. The molecule has 8 heteroatoms. The molecule has 0 aliphatic carbocycles. The Morgan fingerprint density at radius 1 is 1.18 bits per heavy atom. The molecular weight excluding hydrogens is 382 g/mol. The first kappa shape index (κ1) is 19.9. The van der Waals surface area contributed by atoms with E-state index in [1.54, 1.807) is 14.2 Å². The van der Waals surface area contributed by atoms with Crippen molar-refractivity contribution in [3.8, 4) is 23.0 Å². The Bertz CT molecular complexity index is 858. The maximum absolute atomic E-state index is 6.30. The van der Waals surface area contributed by atoms with E-state index in [1.807, 2.05) is 37.3 Å². The maximum Gasteiger partial charge on any atom is 0.195 e. The van der Waals surface area contributed by atoms with E-state index in [0.717, 1.165) is 11.3 Å². The average Bonchev–Trinajstić information content (AvgIpc) is 2.71. The van der Waals surface area contributed by atoms with Crippen molar-refractivity contribution < 1.29 is 18.9 Å². The fourth-order valence-corrected chi connectivity index (χ4v) is 3.08. The van der Waals surface area contributed by atoms with Crippen molar-refractivity contribution in [1.82, 2.24) is 5.32 Å². The van der Waals surface area contributed by atoms with E-state index in [1.165, 1.54) is 0 Å². The van der Waals surface area contributed by atoms with Crippen molar-refractivity contribution in [3.63, 3.8) is 0 Å². The Labute approximate surface area is 169 Å². The van der Waals surface area contributed by atoms with E-state index in [0.29, 0.717) is 60.3 Å². The Kier molecular flexibility index (Phi) is 6.71. The summed E-state index contributed by atoms with van der Waals surface area (Å²) in [5, 5.41) is 7.04. The summed E-state index contributed by atoms with van der Waals surface area (Å²) < 4.78 is 22.1. The van der Waals surface area contributed by atoms with Gasteiger partial charge in [0.1, 0.15) is 13.2 Å². The molecule has 0 spiro atoms. The van der Waals surface area contributed by atoms with Crippen LogP contribution in [0.4, 0.5) is 5.69 Å². The van der Waals surface area contributed by atoms with Gasteiger partial charge in [0.2, 0.25) is 0 Å². The lowest BCUT2D eigenvalue weighted by molar-refractivity contribution is 0.171. The lowest BCUT2D eigenvalue weighted by atomic mass is 10.2. The summed E-state index contributed by atoms with van der Waals surface area (Å²) in [5.41, 5.74) is 1.79. The fraction of sp³-hybridized carbons (Fsp3) is 0.350. The number of anilines is 1. The molecule has 28 heavy (non-hydrogen) atoms. The van der Waals surface area contributed by atoms with Crippen molar-refractivity contribution in [1.29, 1.82) is 0 Å². The summed E-state index contributed by atoms with van der Waals surface area (Å²) >= 11 is 6.30. The first-order valence-corrected chi connectivity index (χ1v) is 9.39. The van der Waals surface area contributed by atoms with Gasteiger partial charge in [0.05, 0.1) is 18.7 Å². The number of ether oxygens (including phenoxy) is 4. The number of methoxy groups -OCH3 is 1. The van der Waals surface area contributed by atoms with Gasteiger partial charge < -0.3 is 29.6 Å². The number of hydrogen-bond acceptors (Lipinski definition) is 5. The van der Waals surface area contributed by atoms with Crippen LogP contribution in [-0.4, -0.2) is 39.9 Å². The van der Waals surface area contributed by atoms with Gasteiger partial charge in [0.15, 0.2) is 29.0 Å². The highest BCUT2D eigenvalue weighted by Crippen LogP contribution is 2.38. The molecular formula is C20H24ClN3O4. The lowest BCUT2D eigenvalue weighted by Gasteiger charge is -2.20. The van der Waals surface area contributed by atoms with Gasteiger partial charge in [0, 0.05) is 25.3 Å². The molecule has 3 rings (SSSR count). The molecule has 0 radical (unpaired) electrons. The highest BCUT2D eigenvalue weighted by atomic mass is 35.5. The molecule has 0 unspecified atom stereocenters. The molecule has 2 N–H and O–H groups in total. The van der Waals surface area contributed by atoms with Crippen LogP contribution in [0.1, 0.15) is 12.5 Å². The topological polar surface area (TPSA) is 73.3 Å². The second-order valence-corrected chi connectivity index (χ2v) is 6.36. The predicted molar refractivity (Wildman–Crippen MR) is 110 cm³/mol. The SMILES string of the molecule is CCOc1cc(NC(=NC)NCc2cc(Cl)c3c(c2)OCCO3)ccc1OC. The first-order chi connectivity index (χ1) is 13.6. The minimum Gasteiger partial charge on any atom is -0.493 e. The second kappa shape index (κ2) is 9.41. The normalized spacial score (nSPS) is 13.1. The molecule has 0 fully saturated rings. The summed E-state index contributed by atoms with van der Waals surface area (Å²) in [6.45, 7) is 4.02. The van der Waals surface area contributed by atoms with Crippen molar-refractivity contribution >= 4 is 23.2 Å². The summed E-state index contributed by atoms with van der Waals surface area (Å²) in [6, 6.07) is 9.39. The number of fused-ring (bicyclic) bond motifs is 1. The smallest absolute Gasteiger partial charge is 0.195 e. The highest BCUT2D eigenvalue weighted by Gasteiger charge is 2.16. The Morgan fingerprint density at radius 2 is 2.00 bits per heavy atom. The summed E-state index contributed by atoms with van der Waals surface area (Å²) in [4.78, 5) is 4.26. The Hall–Kier alpha value is -2.80. The number of hydrogen-bond donors (Lipinski definition) is 2. The zero-order chi connectivity index (χ0) is 19.9. The summed E-state index contributed by atoms with van der Waals surface area (Å²) in [5.74, 6) is 3.22. The largest absolute Gasteiger partial charge is 0.493 e. The van der Waals surface area contributed by atoms with Gasteiger partial charge in [-0.25, -0.2) is 0 Å². The zero-order valence-corrected chi connectivity index (χ0v) is 16.9. The van der Waals surface area contributed by atoms with E-state index < -0.39 is 0 Å². The molecule has 0 aromatic heterocycles. The molecule has 0 amide bonds. The van der Waals surface area contributed by atoms with Gasteiger partial charge in [-0.15, -0.1) is 0 Å². The first-order valence-electron chi connectivity index (χ1n) is 9.01. The lowest BCUT2D eigenvalue weighted by Crippen LogP contribution is -2.30. The molecule has 7 nitrogen and oxygen atoms in total. The molecule has 1 aliphatic rings. The van der Waals surface area contributed by atoms with Gasteiger partial charge in [-0.2, -0.15) is 0 Å². The molecule has 150 valence electrons. The third-order valence-corrected chi connectivity index (χ3v) is 4.35. The van der Waals surface area contributed by atoms with Crippen LogP contribution in [0.15, 0.2) is 35.3 Å². The Morgan fingerprint density at radius 3 is 2.75 bits per heavy atom. The van der Waals surface area contributed by atoms with Gasteiger partial charge in [-0.3, -0.25) is 4.99 Å². The minimum absolute atomic E-state index is 0.506. The maximum atomic E-state index is 6.30. The third kappa shape index (κ3) is 4.72. The van der Waals surface area contributed by atoms with Gasteiger partial charge >= 0.3 is 0 Å². The van der Waals surface area contributed by atoms with Crippen LogP contribution in [0.3, 0.4) is 0 Å². The van der Waals surface area contributed by atoms with Crippen LogP contribution in [0.2, 0.25) is 5.02 Å². The molecule has 2 aromatic rings. The summed E-state index contributed by atoms with van der Waals surface area (Å²) in [6.07, 6.45) is 0. The third-order valence-electron chi connectivity index (χ3n) is 4.07. The van der Waals surface area contributed by atoms with Crippen molar-refractivity contribution in [2.75, 3.05) is 39.3 Å². The standard InChI is InChI=1S/C20H24ClN3O4/c1-4-26-17-11-14(5-6-16(17)25-3)24-20(22-2)23-12-13-9-15(21)19-18(10-13)27-7-8-28-19/h5-6,9-11H,4,7-8,12H2,1-3H3,(H2,22,23,24). The minimum atomic E-state index is 0.506. The number of guanidine groups is 1. The average molecular weight is 406 g/mol. The molecule has 1 heterocycles. The Balaban J connectivity index is 1.67. The zero-order valence-electron chi connectivity index (χ0n) is 16.2. The number of aliphatic imine (C=N–C) groups is 1. The van der Waals surface area contributed by atoms with Crippen molar-refractivity contribution in [2.24, 2.45) is 4.99 Å². The second-order valence-electron chi connectivity index (χ2n) is 5.95. The molecule has 2 aromatic carbocycles. The molecule has 0 saturated carbocycles. The fourth-order valence-electron chi connectivity index (χ4n) is 2.79. The van der Waals surface area contributed by atoms with Crippen LogP contribution in [0, 0.1) is 0 Å². The number of nitrogens with one attached hydrogen (secondary N) is 2. The van der Waals surface area contributed by atoms with E-state index >= 15 is 0 Å². The monoisotopic (exact) mass is 405 g/mol. The molecule has 1 aliphatic heterocycles. The van der Waals surface area contributed by atoms with Crippen LogP contribution < -0.4 is 29.6 Å². The van der Waals surface area contributed by atoms with Crippen LogP contribution >= 0.6 is 11.6 Å².